The number of halogens is 1. The van der Waals surface area contributed by atoms with Gasteiger partial charge in [0.2, 0.25) is 5.91 Å². The third kappa shape index (κ3) is 5.93. The lowest BCUT2D eigenvalue weighted by molar-refractivity contribution is -0.126. The molecule has 0 spiro atoms. The molecule has 5 rings (SSSR count). The molecule has 0 atom stereocenters. The van der Waals surface area contributed by atoms with Crippen molar-refractivity contribution < 1.29 is 9.53 Å². The third-order valence-corrected chi connectivity index (χ3v) is 7.60. The van der Waals surface area contributed by atoms with Crippen LogP contribution in [0.3, 0.4) is 0 Å². The van der Waals surface area contributed by atoms with E-state index in [0.29, 0.717) is 29.9 Å². The number of imidazole rings is 1. The average Bonchev–Trinajstić information content (AvgIpc) is 3.35. The van der Waals surface area contributed by atoms with Gasteiger partial charge in [-0.1, -0.05) is 30.9 Å². The highest BCUT2D eigenvalue weighted by Gasteiger charge is 2.21. The lowest BCUT2D eigenvalue weighted by Crippen LogP contribution is -2.36. The molecule has 1 saturated heterocycles. The van der Waals surface area contributed by atoms with Gasteiger partial charge in [0.15, 0.2) is 5.65 Å². The van der Waals surface area contributed by atoms with Crippen LogP contribution in [-0.2, 0) is 4.79 Å². The highest BCUT2D eigenvalue weighted by atomic mass is 35.5. The number of aromatic amines is 1. The van der Waals surface area contributed by atoms with E-state index in [4.69, 9.17) is 21.3 Å². The van der Waals surface area contributed by atoms with Crippen molar-refractivity contribution in [3.63, 3.8) is 0 Å². The highest BCUT2D eigenvalue weighted by Crippen LogP contribution is 2.32. The number of benzene rings is 1. The smallest absolute Gasteiger partial charge is 0.223 e. The summed E-state index contributed by atoms with van der Waals surface area (Å²) in [5.74, 6) is 1.83. The summed E-state index contributed by atoms with van der Waals surface area (Å²) >= 11 is 6.53. The van der Waals surface area contributed by atoms with Crippen molar-refractivity contribution in [2.45, 2.75) is 51.0 Å². The Morgan fingerprint density at radius 3 is 2.64 bits per heavy atom. The number of H-pyrrole nitrogens is 1. The Labute approximate surface area is 217 Å². The SMILES string of the molecule is CN1CCC(Nc2c(Cl)cnc3nc(-c4ccc(OCCNC(=O)C5CCCCC5)cc4)[nH]c23)CC1. The molecular weight excluding hydrogens is 476 g/mol. The minimum atomic E-state index is 0.164. The van der Waals surface area contributed by atoms with Crippen LogP contribution < -0.4 is 15.4 Å². The fourth-order valence-electron chi connectivity index (χ4n) is 5.13. The van der Waals surface area contributed by atoms with Crippen molar-refractivity contribution in [1.82, 2.24) is 25.2 Å². The second kappa shape index (κ2) is 11.5. The molecule has 1 saturated carbocycles. The Kier molecular flexibility index (Phi) is 7.92. The Hall–Kier alpha value is -2.84. The van der Waals surface area contributed by atoms with Gasteiger partial charge in [0.05, 0.1) is 23.5 Å². The number of piperidine rings is 1. The van der Waals surface area contributed by atoms with Crippen molar-refractivity contribution in [2.75, 3.05) is 38.6 Å². The Balaban J connectivity index is 1.19. The van der Waals surface area contributed by atoms with Gasteiger partial charge in [0.1, 0.15) is 23.7 Å². The normalized spacial score (nSPS) is 17.8. The number of ether oxygens (including phenoxy) is 1. The third-order valence-electron chi connectivity index (χ3n) is 7.31. The number of carbonyl (C=O) groups is 1. The summed E-state index contributed by atoms with van der Waals surface area (Å²) in [6, 6.07) is 8.16. The van der Waals surface area contributed by atoms with E-state index in [1.165, 1.54) is 6.42 Å². The van der Waals surface area contributed by atoms with E-state index in [9.17, 15) is 4.79 Å². The zero-order valence-corrected chi connectivity index (χ0v) is 21.6. The maximum Gasteiger partial charge on any atom is 0.223 e. The summed E-state index contributed by atoms with van der Waals surface area (Å²) in [6.07, 6.45) is 9.39. The molecule has 0 radical (unpaired) electrons. The van der Waals surface area contributed by atoms with E-state index in [2.05, 4.69) is 32.5 Å². The van der Waals surface area contributed by atoms with Crippen LogP contribution in [0.25, 0.3) is 22.6 Å². The standard InChI is InChI=1S/C27H35ClN6O2/c1-34-14-11-20(12-15-34)31-23-22(28)17-30-26-24(23)32-25(33-26)18-7-9-21(10-8-18)36-16-13-29-27(35)19-5-3-2-4-6-19/h7-10,17,19-20H,2-6,11-16H2,1H3,(H,29,35)(H2,30,31,32,33). The number of carbonyl (C=O) groups excluding carboxylic acids is 1. The molecule has 2 fully saturated rings. The first kappa shape index (κ1) is 24.8. The molecule has 3 heterocycles. The number of likely N-dealkylation sites (tertiary alicyclic amines) is 1. The Morgan fingerprint density at radius 2 is 1.89 bits per heavy atom. The summed E-state index contributed by atoms with van der Waals surface area (Å²) in [5, 5.41) is 7.23. The topological polar surface area (TPSA) is 95.2 Å². The van der Waals surface area contributed by atoms with Crippen molar-refractivity contribution in [1.29, 1.82) is 0 Å². The first-order valence-corrected chi connectivity index (χ1v) is 13.4. The van der Waals surface area contributed by atoms with Gasteiger partial charge in [-0.05, 0) is 70.1 Å². The van der Waals surface area contributed by atoms with Crippen LogP contribution in [0.15, 0.2) is 30.5 Å². The van der Waals surface area contributed by atoms with E-state index >= 15 is 0 Å². The van der Waals surface area contributed by atoms with Crippen molar-refractivity contribution in [2.24, 2.45) is 5.92 Å². The number of nitrogens with zero attached hydrogens (tertiary/aromatic N) is 3. The molecule has 3 N–H and O–H groups in total. The molecule has 2 aromatic heterocycles. The number of amides is 1. The summed E-state index contributed by atoms with van der Waals surface area (Å²) in [6.45, 7) is 3.09. The molecule has 1 aromatic carbocycles. The van der Waals surface area contributed by atoms with Gasteiger partial charge in [0.25, 0.3) is 0 Å². The fourth-order valence-corrected chi connectivity index (χ4v) is 5.33. The van der Waals surface area contributed by atoms with Crippen LogP contribution in [0.4, 0.5) is 5.69 Å². The fraction of sp³-hybridized carbons (Fsp3) is 0.519. The lowest BCUT2D eigenvalue weighted by Gasteiger charge is -2.30. The maximum absolute atomic E-state index is 12.3. The van der Waals surface area contributed by atoms with E-state index in [1.807, 2.05) is 24.3 Å². The predicted octanol–water partition coefficient (Wildman–Crippen LogP) is 4.86. The Bertz CT molecular complexity index is 1170. The predicted molar refractivity (Wildman–Crippen MR) is 144 cm³/mol. The van der Waals surface area contributed by atoms with E-state index in [1.54, 1.807) is 6.20 Å². The number of anilines is 1. The molecule has 36 heavy (non-hydrogen) atoms. The summed E-state index contributed by atoms with van der Waals surface area (Å²) in [7, 11) is 2.15. The summed E-state index contributed by atoms with van der Waals surface area (Å²) in [4.78, 5) is 27.1. The second-order valence-electron chi connectivity index (χ2n) is 9.99. The van der Waals surface area contributed by atoms with Crippen LogP contribution in [0, 0.1) is 5.92 Å². The first-order chi connectivity index (χ1) is 17.6. The molecule has 192 valence electrons. The first-order valence-electron chi connectivity index (χ1n) is 13.1. The number of pyridine rings is 1. The van der Waals surface area contributed by atoms with Gasteiger partial charge in [-0.3, -0.25) is 4.79 Å². The van der Waals surface area contributed by atoms with Gasteiger partial charge in [-0.2, -0.15) is 0 Å². The van der Waals surface area contributed by atoms with Gasteiger partial charge in [0, 0.05) is 17.5 Å². The van der Waals surface area contributed by atoms with Crippen molar-refractivity contribution >= 4 is 34.4 Å². The number of aromatic nitrogens is 3. The quantitative estimate of drug-likeness (QED) is 0.375. The van der Waals surface area contributed by atoms with Gasteiger partial charge >= 0.3 is 0 Å². The number of nitrogens with one attached hydrogen (secondary N) is 3. The summed E-state index contributed by atoms with van der Waals surface area (Å²) < 4.78 is 5.83. The molecule has 1 amide bonds. The van der Waals surface area contributed by atoms with Crippen LogP contribution in [0.1, 0.15) is 44.9 Å². The monoisotopic (exact) mass is 510 g/mol. The van der Waals surface area contributed by atoms with Crippen LogP contribution in [-0.4, -0.2) is 65.1 Å². The molecule has 0 unspecified atom stereocenters. The molecule has 1 aliphatic carbocycles. The van der Waals surface area contributed by atoms with Gasteiger partial charge < -0.3 is 25.3 Å². The highest BCUT2D eigenvalue weighted by molar-refractivity contribution is 6.34. The van der Waals surface area contributed by atoms with Gasteiger partial charge in [-0.25, -0.2) is 9.97 Å². The van der Waals surface area contributed by atoms with E-state index in [-0.39, 0.29) is 11.8 Å². The van der Waals surface area contributed by atoms with Gasteiger partial charge in [-0.15, -0.1) is 0 Å². The number of hydrogen-bond acceptors (Lipinski definition) is 6. The zero-order valence-electron chi connectivity index (χ0n) is 20.9. The maximum atomic E-state index is 12.3. The summed E-state index contributed by atoms with van der Waals surface area (Å²) in [5.41, 5.74) is 3.27. The molecule has 1 aliphatic heterocycles. The lowest BCUT2D eigenvalue weighted by atomic mass is 9.89. The molecule has 0 bridgehead atoms. The number of fused-ring (bicyclic) bond motifs is 1. The van der Waals surface area contributed by atoms with Crippen molar-refractivity contribution in [3.8, 4) is 17.1 Å². The van der Waals surface area contributed by atoms with E-state index in [0.717, 1.165) is 80.0 Å². The molecule has 8 nitrogen and oxygen atoms in total. The average molecular weight is 511 g/mol. The molecule has 2 aliphatic rings. The molecule has 9 heteroatoms. The molecule has 3 aromatic rings. The minimum absolute atomic E-state index is 0.164. The van der Waals surface area contributed by atoms with Crippen LogP contribution in [0.5, 0.6) is 5.75 Å². The number of rotatable bonds is 8. The Morgan fingerprint density at radius 1 is 1.14 bits per heavy atom. The van der Waals surface area contributed by atoms with Crippen LogP contribution in [0.2, 0.25) is 5.02 Å². The van der Waals surface area contributed by atoms with Crippen LogP contribution >= 0.6 is 11.6 Å². The van der Waals surface area contributed by atoms with E-state index < -0.39 is 0 Å². The largest absolute Gasteiger partial charge is 0.492 e. The minimum Gasteiger partial charge on any atom is -0.492 e. The van der Waals surface area contributed by atoms with Crippen molar-refractivity contribution in [3.05, 3.63) is 35.5 Å². The second-order valence-corrected chi connectivity index (χ2v) is 10.4. The molecular formula is C27H35ClN6O2. The zero-order chi connectivity index (χ0) is 24.9. The number of hydrogen-bond donors (Lipinski definition) is 3.